The summed E-state index contributed by atoms with van der Waals surface area (Å²) in [6.45, 7) is 3.64. The molecule has 0 fully saturated rings. The van der Waals surface area contributed by atoms with Gasteiger partial charge in [0.25, 0.3) is 0 Å². The molecule has 5 rings (SSSR count). The SMILES string of the molecule is Cc1nnc2c3ccccc3c(N3CCc4cccnc4C3)nn12. The minimum Gasteiger partial charge on any atom is -0.348 e. The van der Waals surface area contributed by atoms with Crippen molar-refractivity contribution in [2.75, 3.05) is 11.4 Å². The van der Waals surface area contributed by atoms with Crippen LogP contribution in [0.25, 0.3) is 16.4 Å². The van der Waals surface area contributed by atoms with Crippen LogP contribution in [0.1, 0.15) is 17.1 Å². The molecule has 0 unspecified atom stereocenters. The van der Waals surface area contributed by atoms with Gasteiger partial charge in [-0.25, -0.2) is 0 Å². The van der Waals surface area contributed by atoms with E-state index >= 15 is 0 Å². The summed E-state index contributed by atoms with van der Waals surface area (Å²) in [5.74, 6) is 1.77. The number of nitrogens with zero attached hydrogens (tertiary/aromatic N) is 6. The van der Waals surface area contributed by atoms with Gasteiger partial charge in [-0.2, -0.15) is 4.52 Å². The van der Waals surface area contributed by atoms with Crippen molar-refractivity contribution in [3.05, 3.63) is 59.7 Å². The van der Waals surface area contributed by atoms with Gasteiger partial charge in [-0.05, 0) is 25.0 Å². The van der Waals surface area contributed by atoms with E-state index in [9.17, 15) is 0 Å². The van der Waals surface area contributed by atoms with E-state index in [1.54, 1.807) is 0 Å². The van der Waals surface area contributed by atoms with E-state index in [2.05, 4.69) is 38.3 Å². The van der Waals surface area contributed by atoms with Crippen LogP contribution in [-0.4, -0.2) is 31.3 Å². The Balaban J connectivity index is 1.72. The summed E-state index contributed by atoms with van der Waals surface area (Å²) >= 11 is 0. The molecule has 0 saturated heterocycles. The Bertz CT molecular complexity index is 1070. The van der Waals surface area contributed by atoms with Crippen molar-refractivity contribution in [3.8, 4) is 0 Å². The Morgan fingerprint density at radius 1 is 1.00 bits per heavy atom. The lowest BCUT2D eigenvalue weighted by molar-refractivity contribution is 0.692. The molecule has 0 radical (unpaired) electrons. The summed E-state index contributed by atoms with van der Waals surface area (Å²) in [5, 5.41) is 15.5. The van der Waals surface area contributed by atoms with Crippen molar-refractivity contribution in [3.63, 3.8) is 0 Å². The quantitative estimate of drug-likeness (QED) is 0.540. The number of hydrogen-bond donors (Lipinski definition) is 0. The predicted molar refractivity (Wildman–Crippen MR) is 92.0 cm³/mol. The van der Waals surface area contributed by atoms with Gasteiger partial charge >= 0.3 is 0 Å². The van der Waals surface area contributed by atoms with Gasteiger partial charge in [-0.1, -0.05) is 30.3 Å². The van der Waals surface area contributed by atoms with Crippen molar-refractivity contribution in [2.24, 2.45) is 0 Å². The lowest BCUT2D eigenvalue weighted by Crippen LogP contribution is -2.32. The van der Waals surface area contributed by atoms with Crippen molar-refractivity contribution < 1.29 is 0 Å². The van der Waals surface area contributed by atoms with Gasteiger partial charge < -0.3 is 4.90 Å². The van der Waals surface area contributed by atoms with Gasteiger partial charge in [0, 0.05) is 23.5 Å². The Morgan fingerprint density at radius 3 is 2.79 bits per heavy atom. The molecule has 1 aromatic carbocycles. The second kappa shape index (κ2) is 4.99. The smallest absolute Gasteiger partial charge is 0.185 e. The van der Waals surface area contributed by atoms with Gasteiger partial charge in [-0.3, -0.25) is 4.98 Å². The molecule has 4 heterocycles. The second-order valence-electron chi connectivity index (χ2n) is 6.13. The molecule has 118 valence electrons. The van der Waals surface area contributed by atoms with Crippen LogP contribution >= 0.6 is 0 Å². The van der Waals surface area contributed by atoms with E-state index in [4.69, 9.17) is 5.10 Å². The normalized spacial score (nSPS) is 14.3. The fraction of sp³-hybridized carbons (Fsp3) is 0.222. The van der Waals surface area contributed by atoms with E-state index in [1.807, 2.05) is 35.8 Å². The highest BCUT2D eigenvalue weighted by atomic mass is 15.4. The lowest BCUT2D eigenvalue weighted by atomic mass is 10.0. The zero-order valence-electron chi connectivity index (χ0n) is 13.3. The first-order valence-corrected chi connectivity index (χ1v) is 8.10. The number of fused-ring (bicyclic) bond motifs is 4. The summed E-state index contributed by atoms with van der Waals surface area (Å²) in [7, 11) is 0. The topological polar surface area (TPSA) is 59.2 Å². The molecule has 0 N–H and O–H groups in total. The van der Waals surface area contributed by atoms with Crippen molar-refractivity contribution in [1.82, 2.24) is 24.8 Å². The molecule has 0 amide bonds. The molecule has 0 bridgehead atoms. The highest BCUT2D eigenvalue weighted by molar-refractivity contribution is 6.00. The second-order valence-corrected chi connectivity index (χ2v) is 6.13. The third-order valence-corrected chi connectivity index (χ3v) is 4.68. The first kappa shape index (κ1) is 13.4. The van der Waals surface area contributed by atoms with Crippen LogP contribution in [0.5, 0.6) is 0 Å². The average Bonchev–Trinajstić information content (AvgIpc) is 3.02. The van der Waals surface area contributed by atoms with Gasteiger partial charge in [0.15, 0.2) is 17.3 Å². The molecule has 3 aromatic heterocycles. The maximum absolute atomic E-state index is 4.85. The summed E-state index contributed by atoms with van der Waals surface area (Å²) in [6.07, 6.45) is 2.85. The highest BCUT2D eigenvalue weighted by Crippen LogP contribution is 2.30. The molecule has 6 nitrogen and oxygen atoms in total. The number of rotatable bonds is 1. The number of aryl methyl sites for hydroxylation is 1. The number of benzene rings is 1. The van der Waals surface area contributed by atoms with Crippen LogP contribution in [0.3, 0.4) is 0 Å². The molecule has 24 heavy (non-hydrogen) atoms. The Hall–Kier alpha value is -3.02. The monoisotopic (exact) mass is 316 g/mol. The maximum atomic E-state index is 4.85. The molecular weight excluding hydrogens is 300 g/mol. The first-order chi connectivity index (χ1) is 11.8. The van der Waals surface area contributed by atoms with Crippen molar-refractivity contribution >= 4 is 22.2 Å². The third kappa shape index (κ3) is 1.89. The van der Waals surface area contributed by atoms with Crippen LogP contribution in [0, 0.1) is 6.92 Å². The maximum Gasteiger partial charge on any atom is 0.185 e. The van der Waals surface area contributed by atoms with Gasteiger partial charge in [-0.15, -0.1) is 15.3 Å². The first-order valence-electron chi connectivity index (χ1n) is 8.10. The van der Waals surface area contributed by atoms with E-state index < -0.39 is 0 Å². The van der Waals surface area contributed by atoms with Gasteiger partial charge in [0.2, 0.25) is 0 Å². The molecule has 1 aliphatic rings. The van der Waals surface area contributed by atoms with E-state index in [1.165, 1.54) is 5.56 Å². The largest absolute Gasteiger partial charge is 0.348 e. The van der Waals surface area contributed by atoms with Crippen LogP contribution in [-0.2, 0) is 13.0 Å². The summed E-state index contributed by atoms with van der Waals surface area (Å²) in [5.41, 5.74) is 3.28. The average molecular weight is 316 g/mol. The lowest BCUT2D eigenvalue weighted by Gasteiger charge is -2.29. The minimum atomic E-state index is 0.778. The number of hydrogen-bond acceptors (Lipinski definition) is 5. The molecule has 0 saturated carbocycles. The highest BCUT2D eigenvalue weighted by Gasteiger charge is 2.22. The molecular formula is C18H16N6. The minimum absolute atomic E-state index is 0.778. The van der Waals surface area contributed by atoms with Crippen molar-refractivity contribution in [1.29, 1.82) is 0 Å². The molecule has 6 heteroatoms. The zero-order chi connectivity index (χ0) is 16.1. The molecule has 0 atom stereocenters. The molecule has 4 aromatic rings. The predicted octanol–water partition coefficient (Wildman–Crippen LogP) is 2.54. The summed E-state index contributed by atoms with van der Waals surface area (Å²) in [6, 6.07) is 12.4. The molecule has 1 aliphatic heterocycles. The van der Waals surface area contributed by atoms with Crippen LogP contribution in [0.15, 0.2) is 42.6 Å². The molecule has 0 aliphatic carbocycles. The number of aromatic nitrogens is 5. The van der Waals surface area contributed by atoms with E-state index in [0.717, 1.165) is 53.3 Å². The fourth-order valence-corrected chi connectivity index (χ4v) is 3.44. The Labute approximate surface area is 138 Å². The summed E-state index contributed by atoms with van der Waals surface area (Å²) < 4.78 is 1.84. The number of anilines is 1. The summed E-state index contributed by atoms with van der Waals surface area (Å²) in [4.78, 5) is 6.85. The zero-order valence-corrected chi connectivity index (χ0v) is 13.3. The Kier molecular flexibility index (Phi) is 2.79. The van der Waals surface area contributed by atoms with Gasteiger partial charge in [0.1, 0.15) is 0 Å². The standard InChI is InChI=1S/C18H16N6/c1-12-20-21-17-14-6-2-3-7-15(14)18(22-24(12)17)23-10-8-13-5-4-9-19-16(13)11-23/h2-7,9H,8,10-11H2,1H3. The van der Waals surface area contributed by atoms with Crippen LogP contribution < -0.4 is 4.90 Å². The van der Waals surface area contributed by atoms with E-state index in [0.29, 0.717) is 0 Å². The van der Waals surface area contributed by atoms with Crippen LogP contribution in [0.4, 0.5) is 5.82 Å². The number of pyridine rings is 1. The van der Waals surface area contributed by atoms with Crippen LogP contribution in [0.2, 0.25) is 0 Å². The Morgan fingerprint density at radius 2 is 1.88 bits per heavy atom. The van der Waals surface area contributed by atoms with Gasteiger partial charge in [0.05, 0.1) is 12.2 Å². The van der Waals surface area contributed by atoms with E-state index in [-0.39, 0.29) is 0 Å². The molecule has 0 spiro atoms. The fourth-order valence-electron chi connectivity index (χ4n) is 3.44. The van der Waals surface area contributed by atoms with Crippen molar-refractivity contribution in [2.45, 2.75) is 19.9 Å². The third-order valence-electron chi connectivity index (χ3n) is 4.68.